The third-order valence-corrected chi connectivity index (χ3v) is 12.4. The summed E-state index contributed by atoms with van der Waals surface area (Å²) in [6, 6.07) is 44.1. The molecule has 3 amide bonds. The molecule has 350 valence electrons. The molecule has 0 heterocycles. The second-order valence-electron chi connectivity index (χ2n) is 17.1. The number of hydrogen-bond donors (Lipinski definition) is 4. The molecule has 0 spiro atoms. The number of thiol groups is 1. The van der Waals surface area contributed by atoms with Crippen molar-refractivity contribution in [1.82, 2.24) is 5.32 Å². The summed E-state index contributed by atoms with van der Waals surface area (Å²) >= 11 is 4.41. The van der Waals surface area contributed by atoms with Crippen LogP contribution < -0.4 is 15.5 Å². The van der Waals surface area contributed by atoms with Crippen molar-refractivity contribution in [3.8, 4) is 11.1 Å². The fourth-order valence-electron chi connectivity index (χ4n) is 9.13. The number of fused-ring (bicyclic) bond motifs is 3. The van der Waals surface area contributed by atoms with Crippen LogP contribution in [0.15, 0.2) is 164 Å². The summed E-state index contributed by atoms with van der Waals surface area (Å²) in [6.45, 7) is 7.21. The van der Waals surface area contributed by atoms with E-state index in [2.05, 4.69) is 29.8 Å². The van der Waals surface area contributed by atoms with Crippen molar-refractivity contribution in [2.45, 2.75) is 63.1 Å². The molecule has 0 aromatic heterocycles. The van der Waals surface area contributed by atoms with Gasteiger partial charge >= 0.3 is 12.1 Å². The number of nitrogens with one attached hydrogen (secondary N) is 2. The lowest BCUT2D eigenvalue weighted by atomic mass is 9.83. The third kappa shape index (κ3) is 11.6. The Labute approximate surface area is 402 Å². The maximum Gasteiger partial charge on any atom is 0.407 e. The number of carbonyl (C=O) groups is 4. The zero-order valence-electron chi connectivity index (χ0n) is 38.1. The van der Waals surface area contributed by atoms with E-state index in [4.69, 9.17) is 9.47 Å². The first-order valence-electron chi connectivity index (χ1n) is 22.8. The van der Waals surface area contributed by atoms with E-state index in [9.17, 15) is 23.9 Å². The van der Waals surface area contributed by atoms with Crippen LogP contribution in [0.2, 0.25) is 0 Å². The summed E-state index contributed by atoms with van der Waals surface area (Å²) in [5.41, 5.74) is 7.56. The molecular weight excluding hydrogens is 878 g/mol. The predicted molar refractivity (Wildman–Crippen MR) is 267 cm³/mol. The minimum Gasteiger partial charge on any atom is -0.461 e. The van der Waals surface area contributed by atoms with Crippen LogP contribution >= 0.6 is 12.6 Å². The van der Waals surface area contributed by atoms with Gasteiger partial charge in [0.1, 0.15) is 25.1 Å². The average molecular weight is 934 g/mol. The van der Waals surface area contributed by atoms with Gasteiger partial charge in [-0.25, -0.2) is 9.18 Å². The first-order valence-corrected chi connectivity index (χ1v) is 23.4. The van der Waals surface area contributed by atoms with Gasteiger partial charge in [-0.3, -0.25) is 14.4 Å². The van der Waals surface area contributed by atoms with Crippen LogP contribution in [-0.2, 0) is 30.3 Å². The number of nitrogens with zero attached hydrogens (tertiary/aromatic N) is 1. The van der Waals surface area contributed by atoms with Crippen LogP contribution in [0.3, 0.4) is 0 Å². The van der Waals surface area contributed by atoms with Gasteiger partial charge < -0.3 is 30.1 Å². The van der Waals surface area contributed by atoms with Gasteiger partial charge in [-0.05, 0) is 74.4 Å². The zero-order chi connectivity index (χ0) is 48.2. The number of aliphatic hydroxyl groups excluding tert-OH is 1. The molecule has 0 bridgehead atoms. The molecule has 3 N–H and O–H groups in total. The van der Waals surface area contributed by atoms with Crippen molar-refractivity contribution in [3.63, 3.8) is 0 Å². The fourth-order valence-corrected chi connectivity index (χ4v) is 9.32. The number of carbonyl (C=O) groups excluding carboxylic acids is 4. The van der Waals surface area contributed by atoms with Crippen LogP contribution in [0.25, 0.3) is 11.1 Å². The molecule has 0 radical (unpaired) electrons. The Kier molecular flexibility index (Phi) is 16.6. The van der Waals surface area contributed by atoms with Crippen molar-refractivity contribution in [1.29, 1.82) is 0 Å². The summed E-state index contributed by atoms with van der Waals surface area (Å²) in [5.74, 6) is -3.22. The molecule has 6 aromatic carbocycles. The monoisotopic (exact) mass is 933 g/mol. The van der Waals surface area contributed by atoms with E-state index in [1.54, 1.807) is 24.3 Å². The molecule has 0 saturated heterocycles. The smallest absolute Gasteiger partial charge is 0.407 e. The third-order valence-electron chi connectivity index (χ3n) is 12.2. The molecule has 68 heavy (non-hydrogen) atoms. The molecule has 0 aliphatic heterocycles. The van der Waals surface area contributed by atoms with Gasteiger partial charge in [-0.1, -0.05) is 160 Å². The van der Waals surface area contributed by atoms with Crippen molar-refractivity contribution in [3.05, 3.63) is 204 Å². The molecular formula is C56H56FN3O7S. The fraction of sp³-hybridized carbons (Fsp3) is 0.250. The minimum absolute atomic E-state index is 0.00414. The first-order chi connectivity index (χ1) is 33.0. The quantitative estimate of drug-likeness (QED) is 0.0259. The van der Waals surface area contributed by atoms with Crippen LogP contribution in [0.1, 0.15) is 71.9 Å². The van der Waals surface area contributed by atoms with Crippen LogP contribution in [-0.4, -0.2) is 66.1 Å². The number of alkyl carbamates (subject to hydrolysis) is 1. The van der Waals surface area contributed by atoms with E-state index < -0.39 is 66.1 Å². The lowest BCUT2D eigenvalue weighted by molar-refractivity contribution is -0.145. The number of ether oxygens (including phenoxy) is 2. The van der Waals surface area contributed by atoms with Crippen molar-refractivity contribution < 1.29 is 38.1 Å². The number of rotatable bonds is 20. The SMILES string of the molecule is C=CCOC(=O)C[C@H](O)[C@@H](C(C)C)N(C(=O)CCS)c1cccc(C(c2ccccc2)c2ccccc2)c1NC(=O)[C@@H](Cc1ccc(F)cc1)NC(=O)OCC1c2ccccc2-c2ccccc21. The largest absolute Gasteiger partial charge is 0.461 e. The molecule has 0 fully saturated rings. The Morgan fingerprint density at radius 3 is 1.94 bits per heavy atom. The van der Waals surface area contributed by atoms with E-state index in [-0.39, 0.29) is 49.1 Å². The Bertz CT molecular complexity index is 2610. The summed E-state index contributed by atoms with van der Waals surface area (Å²) in [5, 5.41) is 17.9. The molecule has 1 aliphatic rings. The van der Waals surface area contributed by atoms with Crippen molar-refractivity contribution in [2.75, 3.05) is 29.2 Å². The molecule has 1 aliphatic carbocycles. The first kappa shape index (κ1) is 48.9. The Hall–Kier alpha value is -7.02. The van der Waals surface area contributed by atoms with E-state index in [1.165, 1.54) is 23.1 Å². The van der Waals surface area contributed by atoms with Gasteiger partial charge in [-0.15, -0.1) is 0 Å². The van der Waals surface area contributed by atoms with Gasteiger partial charge in [0, 0.05) is 24.7 Å². The lowest BCUT2D eigenvalue weighted by Crippen LogP contribution is -2.52. The summed E-state index contributed by atoms with van der Waals surface area (Å²) < 4.78 is 25.4. The predicted octanol–water partition coefficient (Wildman–Crippen LogP) is 10.3. The van der Waals surface area contributed by atoms with Gasteiger partial charge in [0.25, 0.3) is 0 Å². The number of esters is 1. The Balaban J connectivity index is 1.32. The second kappa shape index (κ2) is 23.1. The highest BCUT2D eigenvalue weighted by molar-refractivity contribution is 7.80. The van der Waals surface area contributed by atoms with E-state index in [0.717, 1.165) is 33.4 Å². The average Bonchev–Trinajstić information content (AvgIpc) is 3.66. The highest BCUT2D eigenvalue weighted by Crippen LogP contribution is 2.45. The van der Waals surface area contributed by atoms with Crippen LogP contribution in [0.5, 0.6) is 0 Å². The van der Waals surface area contributed by atoms with E-state index >= 15 is 4.79 Å². The summed E-state index contributed by atoms with van der Waals surface area (Å²) in [7, 11) is 0. The summed E-state index contributed by atoms with van der Waals surface area (Å²) in [4.78, 5) is 58.2. The number of para-hydroxylation sites is 1. The molecule has 3 atom stereocenters. The van der Waals surface area contributed by atoms with Crippen molar-refractivity contribution >= 4 is 47.9 Å². The van der Waals surface area contributed by atoms with Gasteiger partial charge in [0.05, 0.1) is 29.9 Å². The zero-order valence-corrected chi connectivity index (χ0v) is 39.0. The lowest BCUT2D eigenvalue weighted by Gasteiger charge is -2.39. The number of amides is 3. The standard InChI is InChI=1S/C56H56FN3O7S/c1-4-31-66-51(63)34-49(61)54(36(2)3)60(50(62)30-32-68)48-25-15-24-45(52(38-16-7-5-8-17-38)39-18-9-6-10-19-39)53(48)59-55(64)47(33-37-26-28-40(57)29-27-37)58-56(65)67-35-46-43-22-13-11-20-41(43)42-21-12-14-23-44(42)46/h4-29,36,46-47,49,52,54,61,68H,1,30-35H2,2-3H3,(H,58,65)(H,59,64)/t47-,49+,54-/m1/s1. The molecule has 10 nitrogen and oxygen atoms in total. The molecule has 0 unspecified atom stereocenters. The number of hydrogen-bond acceptors (Lipinski definition) is 8. The van der Waals surface area contributed by atoms with Gasteiger partial charge in [-0.2, -0.15) is 12.6 Å². The molecule has 0 saturated carbocycles. The van der Waals surface area contributed by atoms with Crippen LogP contribution in [0, 0.1) is 11.7 Å². The Morgan fingerprint density at radius 1 is 0.779 bits per heavy atom. The van der Waals surface area contributed by atoms with E-state index in [0.29, 0.717) is 11.1 Å². The van der Waals surface area contributed by atoms with Gasteiger partial charge in [0.2, 0.25) is 11.8 Å². The molecule has 7 rings (SSSR count). The molecule has 12 heteroatoms. The maximum atomic E-state index is 15.2. The minimum atomic E-state index is -1.40. The number of halogens is 1. The summed E-state index contributed by atoms with van der Waals surface area (Å²) in [6.07, 6.45) is -1.35. The van der Waals surface area contributed by atoms with E-state index in [1.807, 2.05) is 129 Å². The topological polar surface area (TPSA) is 134 Å². The van der Waals surface area contributed by atoms with Crippen LogP contribution in [0.4, 0.5) is 20.6 Å². The maximum absolute atomic E-state index is 15.2. The molecule has 6 aromatic rings. The highest BCUT2D eigenvalue weighted by atomic mass is 32.1. The van der Waals surface area contributed by atoms with Gasteiger partial charge in [0.15, 0.2) is 0 Å². The van der Waals surface area contributed by atoms with Crippen molar-refractivity contribution in [2.24, 2.45) is 5.92 Å². The normalized spacial score (nSPS) is 13.2. The number of aliphatic hydroxyl groups is 1. The highest BCUT2D eigenvalue weighted by Gasteiger charge is 2.38. The second-order valence-corrected chi connectivity index (χ2v) is 17.5. The number of benzene rings is 6. The number of anilines is 2. The Morgan fingerprint density at radius 2 is 1.37 bits per heavy atom.